The molecule has 1 unspecified atom stereocenters. The van der Waals surface area contributed by atoms with Crippen LogP contribution in [0.4, 0.5) is 10.1 Å². The normalized spacial score (nSPS) is 18.7. The average molecular weight is 365 g/mol. The zero-order valence-corrected chi connectivity index (χ0v) is 13.6. The topological polar surface area (TPSA) is 97.6 Å². The molecule has 2 heterocycles. The summed E-state index contributed by atoms with van der Waals surface area (Å²) in [5, 5.41) is 0. The quantitative estimate of drug-likeness (QED) is 0.811. The van der Waals surface area contributed by atoms with Crippen LogP contribution in [0.25, 0.3) is 0 Å². The van der Waals surface area contributed by atoms with Gasteiger partial charge in [-0.2, -0.15) is 0 Å². The van der Waals surface area contributed by atoms with Crippen LogP contribution in [0.3, 0.4) is 0 Å². The summed E-state index contributed by atoms with van der Waals surface area (Å²) in [4.78, 5) is 22.9. The summed E-state index contributed by atoms with van der Waals surface area (Å²) >= 11 is 0. The first-order valence-electron chi connectivity index (χ1n) is 7.41. The molecule has 0 spiro atoms. The van der Waals surface area contributed by atoms with Crippen LogP contribution in [0, 0.1) is 5.82 Å². The highest BCUT2D eigenvalue weighted by Gasteiger charge is 2.33. The van der Waals surface area contributed by atoms with Crippen molar-refractivity contribution in [1.29, 1.82) is 0 Å². The van der Waals surface area contributed by atoms with Gasteiger partial charge in [-0.05, 0) is 12.1 Å². The lowest BCUT2D eigenvalue weighted by Gasteiger charge is -2.25. The van der Waals surface area contributed by atoms with E-state index in [-0.39, 0.29) is 18.8 Å². The molecule has 7 nitrogen and oxygen atoms in total. The highest BCUT2D eigenvalue weighted by atomic mass is 31.2. The van der Waals surface area contributed by atoms with Crippen molar-refractivity contribution in [3.8, 4) is 11.5 Å². The summed E-state index contributed by atoms with van der Waals surface area (Å²) in [6.45, 7) is 0.0477. The number of hydrogen-bond acceptors (Lipinski definition) is 5. The molecule has 0 saturated carbocycles. The summed E-state index contributed by atoms with van der Waals surface area (Å²) < 4.78 is 41.0. The molecule has 0 bridgehead atoms. The number of fused-ring (bicyclic) bond motifs is 2. The lowest BCUT2D eigenvalue weighted by atomic mass is 9.94. The number of phosphoric ester groups is 1. The standard InChI is InChI=1S/C16H13FNO6P/c17-11-4-2-1-3-9(11)12-6-14(24-25(19,20)21)10-5-15-16(23-8-22-15)7-13(10)18-12/h1-5,7,14H,6,8H2,(H2,19,20,21). The maximum absolute atomic E-state index is 14.1. The summed E-state index contributed by atoms with van der Waals surface area (Å²) in [5.41, 5.74) is 1.44. The first-order chi connectivity index (χ1) is 11.9. The maximum atomic E-state index is 14.1. The Bertz CT molecular complexity index is 925. The van der Waals surface area contributed by atoms with Gasteiger partial charge in [0.15, 0.2) is 11.5 Å². The number of phosphoric acid groups is 1. The van der Waals surface area contributed by atoms with Gasteiger partial charge in [-0.15, -0.1) is 0 Å². The second kappa shape index (κ2) is 5.93. The van der Waals surface area contributed by atoms with Crippen molar-refractivity contribution in [2.75, 3.05) is 6.79 Å². The number of hydrogen-bond donors (Lipinski definition) is 2. The molecule has 2 aliphatic heterocycles. The Morgan fingerprint density at radius 2 is 1.92 bits per heavy atom. The van der Waals surface area contributed by atoms with Gasteiger partial charge in [-0.3, -0.25) is 9.52 Å². The molecule has 2 aromatic rings. The van der Waals surface area contributed by atoms with Gasteiger partial charge in [0.05, 0.1) is 11.4 Å². The Morgan fingerprint density at radius 3 is 2.64 bits per heavy atom. The van der Waals surface area contributed by atoms with Crippen LogP contribution < -0.4 is 9.47 Å². The molecule has 0 radical (unpaired) electrons. The molecule has 2 N–H and O–H groups in total. The van der Waals surface area contributed by atoms with Gasteiger partial charge in [0.1, 0.15) is 11.9 Å². The van der Waals surface area contributed by atoms with Crippen molar-refractivity contribution in [3.63, 3.8) is 0 Å². The van der Waals surface area contributed by atoms with Gasteiger partial charge in [0.2, 0.25) is 6.79 Å². The minimum Gasteiger partial charge on any atom is -0.454 e. The molecule has 2 aliphatic rings. The van der Waals surface area contributed by atoms with Gasteiger partial charge in [0.25, 0.3) is 0 Å². The SMILES string of the molecule is O=P(O)(O)OC1CC(c2ccccc2F)=Nc2cc3c(cc21)OCO3. The van der Waals surface area contributed by atoms with E-state index >= 15 is 0 Å². The Kier molecular flexibility index (Phi) is 3.85. The lowest BCUT2D eigenvalue weighted by Crippen LogP contribution is -2.16. The third-order valence-electron chi connectivity index (χ3n) is 3.95. The number of nitrogens with zero attached hydrogens (tertiary/aromatic N) is 1. The molecule has 25 heavy (non-hydrogen) atoms. The van der Waals surface area contributed by atoms with Crippen LogP contribution in [0.5, 0.6) is 11.5 Å². The fraction of sp³-hybridized carbons (Fsp3) is 0.188. The first kappa shape index (κ1) is 16.2. The molecular weight excluding hydrogens is 352 g/mol. The Hall–Kier alpha value is -2.25. The highest BCUT2D eigenvalue weighted by Crippen LogP contribution is 2.50. The van der Waals surface area contributed by atoms with Gasteiger partial charge in [-0.1, -0.05) is 18.2 Å². The minimum atomic E-state index is -4.76. The monoisotopic (exact) mass is 365 g/mol. The van der Waals surface area contributed by atoms with Gasteiger partial charge < -0.3 is 19.3 Å². The van der Waals surface area contributed by atoms with E-state index < -0.39 is 19.7 Å². The summed E-state index contributed by atoms with van der Waals surface area (Å²) in [5.74, 6) is 0.440. The number of rotatable bonds is 3. The second-order valence-electron chi connectivity index (χ2n) is 5.59. The second-order valence-corrected chi connectivity index (χ2v) is 6.78. The third-order valence-corrected chi connectivity index (χ3v) is 4.48. The summed E-state index contributed by atoms with van der Waals surface area (Å²) in [6.07, 6.45) is -0.976. The van der Waals surface area contributed by atoms with E-state index in [1.807, 2.05) is 0 Å². The molecule has 0 amide bonds. The van der Waals surface area contributed by atoms with Crippen molar-refractivity contribution in [2.45, 2.75) is 12.5 Å². The first-order valence-corrected chi connectivity index (χ1v) is 8.94. The van der Waals surface area contributed by atoms with Crippen LogP contribution in [0.2, 0.25) is 0 Å². The van der Waals surface area contributed by atoms with Gasteiger partial charge >= 0.3 is 7.82 Å². The van der Waals surface area contributed by atoms with Crippen molar-refractivity contribution in [3.05, 3.63) is 53.3 Å². The van der Waals surface area contributed by atoms with Crippen LogP contribution in [0.1, 0.15) is 23.7 Å². The van der Waals surface area contributed by atoms with Crippen molar-refractivity contribution in [1.82, 2.24) is 0 Å². The zero-order chi connectivity index (χ0) is 17.6. The lowest BCUT2D eigenvalue weighted by molar-refractivity contribution is 0.137. The average Bonchev–Trinajstić information content (AvgIpc) is 2.99. The molecule has 1 atom stereocenters. The predicted molar refractivity (Wildman–Crippen MR) is 85.6 cm³/mol. The van der Waals surface area contributed by atoms with Crippen molar-refractivity contribution in [2.24, 2.45) is 4.99 Å². The van der Waals surface area contributed by atoms with E-state index in [4.69, 9.17) is 14.0 Å². The molecular formula is C16H13FNO6P. The largest absolute Gasteiger partial charge is 0.470 e. The summed E-state index contributed by atoms with van der Waals surface area (Å²) in [7, 11) is -4.76. The molecule has 4 rings (SSSR count). The fourth-order valence-electron chi connectivity index (χ4n) is 2.90. The zero-order valence-electron chi connectivity index (χ0n) is 12.8. The Morgan fingerprint density at radius 1 is 1.20 bits per heavy atom. The van der Waals surface area contributed by atoms with Gasteiger partial charge in [0, 0.05) is 23.6 Å². The van der Waals surface area contributed by atoms with Crippen LogP contribution in [0.15, 0.2) is 41.4 Å². The smallest absolute Gasteiger partial charge is 0.454 e. The van der Waals surface area contributed by atoms with E-state index in [9.17, 15) is 18.7 Å². The third kappa shape index (κ3) is 3.17. The maximum Gasteiger partial charge on any atom is 0.470 e. The molecule has 0 saturated heterocycles. The molecule has 9 heteroatoms. The highest BCUT2D eigenvalue weighted by molar-refractivity contribution is 7.46. The number of benzene rings is 2. The molecule has 130 valence electrons. The van der Waals surface area contributed by atoms with Crippen molar-refractivity contribution >= 4 is 19.2 Å². The van der Waals surface area contributed by atoms with E-state index in [0.717, 1.165) is 0 Å². The van der Waals surface area contributed by atoms with Crippen LogP contribution in [-0.4, -0.2) is 22.3 Å². The number of halogens is 1. The van der Waals surface area contributed by atoms with E-state index in [1.54, 1.807) is 30.3 Å². The van der Waals surface area contributed by atoms with Crippen LogP contribution in [-0.2, 0) is 9.09 Å². The molecule has 2 aromatic carbocycles. The number of ether oxygens (including phenoxy) is 2. The van der Waals surface area contributed by atoms with Crippen molar-refractivity contribution < 1.29 is 32.7 Å². The van der Waals surface area contributed by atoms with Crippen LogP contribution >= 0.6 is 7.82 Å². The Labute approximate surface area is 141 Å². The molecule has 0 aromatic heterocycles. The molecule has 0 fully saturated rings. The van der Waals surface area contributed by atoms with E-state index in [1.165, 1.54) is 6.07 Å². The van der Waals surface area contributed by atoms with E-state index in [0.29, 0.717) is 28.5 Å². The predicted octanol–water partition coefficient (Wildman–Crippen LogP) is 3.23. The minimum absolute atomic E-state index is 0.0126. The Balaban J connectivity index is 1.84. The summed E-state index contributed by atoms with van der Waals surface area (Å²) in [6, 6.07) is 9.24. The van der Waals surface area contributed by atoms with E-state index in [2.05, 4.69) is 4.99 Å². The van der Waals surface area contributed by atoms with Gasteiger partial charge in [-0.25, -0.2) is 8.96 Å². The number of aliphatic imine (C=N–C) groups is 1. The fourth-order valence-corrected chi connectivity index (χ4v) is 3.42. The molecule has 0 aliphatic carbocycles.